The number of aliphatic imine (C=N–C) groups is 1. The predicted molar refractivity (Wildman–Crippen MR) is 139 cm³/mol. The highest BCUT2D eigenvalue weighted by atomic mass is 16.3. The predicted octanol–water partition coefficient (Wildman–Crippen LogP) is 3.16. The summed E-state index contributed by atoms with van der Waals surface area (Å²) in [6.45, 7) is 14.2. The van der Waals surface area contributed by atoms with Crippen LogP contribution in [0.25, 0.3) is 0 Å². The van der Waals surface area contributed by atoms with Gasteiger partial charge in [-0.3, -0.25) is 9.79 Å². The minimum Gasteiger partial charge on any atom is -0.395 e. The van der Waals surface area contributed by atoms with Crippen molar-refractivity contribution in [3.8, 4) is 0 Å². The number of piperidine rings is 1. The lowest BCUT2D eigenvalue weighted by Crippen LogP contribution is -2.41. The van der Waals surface area contributed by atoms with Crippen molar-refractivity contribution in [3.63, 3.8) is 0 Å². The number of nitrogens with two attached hydrogens (primary N) is 1. The molecule has 33 heavy (non-hydrogen) atoms. The summed E-state index contributed by atoms with van der Waals surface area (Å²) in [7, 11) is 3.68. The number of hydrogen-bond acceptors (Lipinski definition) is 6. The summed E-state index contributed by atoms with van der Waals surface area (Å²) >= 11 is 0. The van der Waals surface area contributed by atoms with Crippen LogP contribution in [-0.2, 0) is 4.79 Å². The van der Waals surface area contributed by atoms with Crippen molar-refractivity contribution < 1.29 is 9.90 Å². The van der Waals surface area contributed by atoms with Crippen molar-refractivity contribution in [2.24, 2.45) is 22.6 Å². The van der Waals surface area contributed by atoms with E-state index >= 15 is 0 Å². The molecular formula is C26H49N5O2. The number of nitrogens with one attached hydrogen (secondary N) is 1. The maximum absolute atomic E-state index is 12.7. The maximum atomic E-state index is 12.7. The van der Waals surface area contributed by atoms with Crippen molar-refractivity contribution in [1.29, 1.82) is 0 Å². The van der Waals surface area contributed by atoms with E-state index in [4.69, 9.17) is 10.8 Å². The monoisotopic (exact) mass is 463 g/mol. The number of amides is 1. The Bertz CT molecular complexity index is 618. The summed E-state index contributed by atoms with van der Waals surface area (Å²) in [6, 6.07) is 0. The Morgan fingerprint density at radius 1 is 1.15 bits per heavy atom. The van der Waals surface area contributed by atoms with Gasteiger partial charge in [0.15, 0.2) is 0 Å². The molecule has 190 valence electrons. The fourth-order valence-corrected chi connectivity index (χ4v) is 4.60. The second-order valence-corrected chi connectivity index (χ2v) is 9.56. The second-order valence-electron chi connectivity index (χ2n) is 9.56. The van der Waals surface area contributed by atoms with Crippen LogP contribution in [0.15, 0.2) is 28.5 Å². The Labute approximate surface area is 202 Å². The highest BCUT2D eigenvalue weighted by Crippen LogP contribution is 2.22. The SMILES string of the molecule is C=N/C(C(=C)CCC)=C(\C(=O)NCC1CCN(CCO)CC1)N(C)C.NCC1CCCCC1. The van der Waals surface area contributed by atoms with Crippen molar-refractivity contribution in [2.45, 2.75) is 64.7 Å². The summed E-state index contributed by atoms with van der Waals surface area (Å²) in [5.74, 6) is 1.22. The van der Waals surface area contributed by atoms with Gasteiger partial charge in [0.25, 0.3) is 5.91 Å². The molecular weight excluding hydrogens is 414 g/mol. The van der Waals surface area contributed by atoms with E-state index < -0.39 is 0 Å². The molecule has 0 atom stereocenters. The van der Waals surface area contributed by atoms with Gasteiger partial charge in [-0.15, -0.1) is 0 Å². The van der Waals surface area contributed by atoms with Gasteiger partial charge >= 0.3 is 0 Å². The molecule has 1 heterocycles. The Morgan fingerprint density at radius 3 is 2.24 bits per heavy atom. The standard InChI is InChI=1S/C19H34N4O2.C7H15N/c1-6-7-15(2)17(20-3)18(22(4)5)19(25)21-14-16-8-10-23(11-9-16)12-13-24;8-6-7-4-2-1-3-5-7/h16,24H,2-3,6-14H2,1,4-5H3,(H,21,25);7H,1-6,8H2/b18-17+;. The number of likely N-dealkylation sites (tertiary alicyclic amines) is 1. The average molecular weight is 464 g/mol. The molecule has 1 saturated carbocycles. The lowest BCUT2D eigenvalue weighted by Gasteiger charge is -2.31. The molecule has 1 saturated heterocycles. The van der Waals surface area contributed by atoms with Gasteiger partial charge in [0, 0.05) is 27.2 Å². The van der Waals surface area contributed by atoms with Crippen LogP contribution in [0.3, 0.4) is 0 Å². The molecule has 0 aromatic heterocycles. The van der Waals surface area contributed by atoms with Crippen molar-refractivity contribution in [3.05, 3.63) is 23.5 Å². The minimum absolute atomic E-state index is 0.123. The van der Waals surface area contributed by atoms with E-state index in [9.17, 15) is 4.79 Å². The minimum atomic E-state index is -0.123. The summed E-state index contributed by atoms with van der Waals surface area (Å²) < 4.78 is 0. The molecule has 0 bridgehead atoms. The van der Waals surface area contributed by atoms with E-state index in [-0.39, 0.29) is 12.5 Å². The zero-order valence-electron chi connectivity index (χ0n) is 21.4. The van der Waals surface area contributed by atoms with E-state index in [2.05, 4.69) is 35.4 Å². The van der Waals surface area contributed by atoms with Crippen LogP contribution in [0.2, 0.25) is 0 Å². The molecule has 4 N–H and O–H groups in total. The fourth-order valence-electron chi connectivity index (χ4n) is 4.60. The first kappa shape index (κ1) is 29.3. The number of carbonyl (C=O) groups excluding carboxylic acids is 1. The molecule has 0 aromatic carbocycles. The molecule has 0 radical (unpaired) electrons. The number of carbonyl (C=O) groups is 1. The van der Waals surface area contributed by atoms with Crippen molar-refractivity contribution in [1.82, 2.24) is 15.1 Å². The van der Waals surface area contributed by atoms with E-state index in [0.717, 1.165) is 63.4 Å². The van der Waals surface area contributed by atoms with Crippen LogP contribution in [0, 0.1) is 11.8 Å². The topological polar surface area (TPSA) is 94.2 Å². The van der Waals surface area contributed by atoms with Gasteiger partial charge in [-0.1, -0.05) is 39.2 Å². The Balaban J connectivity index is 0.000000568. The molecule has 2 aliphatic rings. The number of aliphatic hydroxyl groups excluding tert-OH is 1. The molecule has 2 fully saturated rings. The quantitative estimate of drug-likeness (QED) is 0.249. The van der Waals surface area contributed by atoms with Crippen molar-refractivity contribution >= 4 is 12.6 Å². The van der Waals surface area contributed by atoms with Crippen LogP contribution >= 0.6 is 0 Å². The summed E-state index contributed by atoms with van der Waals surface area (Å²) in [5.41, 5.74) is 7.45. The fraction of sp³-hybridized carbons (Fsp3) is 0.769. The number of β-amino-alcohol motifs (C(OH)–C–C–N with tert-alkyl or cyclic N) is 1. The number of allylic oxidation sites excluding steroid dienone is 1. The Kier molecular flexibility index (Phi) is 15.0. The number of rotatable bonds is 11. The van der Waals surface area contributed by atoms with Crippen molar-refractivity contribution in [2.75, 3.05) is 53.4 Å². The van der Waals surface area contributed by atoms with Crippen LogP contribution < -0.4 is 11.1 Å². The normalized spacial score (nSPS) is 18.6. The largest absolute Gasteiger partial charge is 0.395 e. The van der Waals surface area contributed by atoms with Gasteiger partial charge in [0.1, 0.15) is 5.70 Å². The van der Waals surface area contributed by atoms with Gasteiger partial charge in [0.05, 0.1) is 12.3 Å². The van der Waals surface area contributed by atoms with Crippen LogP contribution in [0.5, 0.6) is 0 Å². The Morgan fingerprint density at radius 2 is 1.79 bits per heavy atom. The van der Waals surface area contributed by atoms with Gasteiger partial charge in [-0.25, -0.2) is 0 Å². The van der Waals surface area contributed by atoms with Crippen LogP contribution in [0.4, 0.5) is 0 Å². The summed E-state index contributed by atoms with van der Waals surface area (Å²) in [6.07, 6.45) is 10.9. The zero-order valence-corrected chi connectivity index (χ0v) is 21.4. The highest BCUT2D eigenvalue weighted by Gasteiger charge is 2.22. The summed E-state index contributed by atoms with van der Waals surface area (Å²) in [4.78, 5) is 20.8. The first-order valence-corrected chi connectivity index (χ1v) is 12.8. The molecule has 0 aromatic rings. The van der Waals surface area contributed by atoms with E-state index in [1.165, 1.54) is 32.1 Å². The third-order valence-electron chi connectivity index (χ3n) is 6.66. The maximum Gasteiger partial charge on any atom is 0.269 e. The van der Waals surface area contributed by atoms with E-state index in [1.807, 2.05) is 14.1 Å². The van der Waals surface area contributed by atoms with E-state index in [0.29, 0.717) is 23.9 Å². The van der Waals surface area contributed by atoms with Gasteiger partial charge in [-0.2, -0.15) is 0 Å². The molecule has 1 aliphatic carbocycles. The molecule has 7 heteroatoms. The third kappa shape index (κ3) is 10.8. The molecule has 2 rings (SSSR count). The smallest absolute Gasteiger partial charge is 0.269 e. The zero-order chi connectivity index (χ0) is 24.6. The lowest BCUT2D eigenvalue weighted by atomic mass is 9.90. The summed E-state index contributed by atoms with van der Waals surface area (Å²) in [5, 5.41) is 12.1. The van der Waals surface area contributed by atoms with Gasteiger partial charge in [0.2, 0.25) is 0 Å². The molecule has 1 amide bonds. The number of nitrogens with zero attached hydrogens (tertiary/aromatic N) is 3. The molecule has 7 nitrogen and oxygen atoms in total. The third-order valence-corrected chi connectivity index (χ3v) is 6.66. The van der Waals surface area contributed by atoms with Gasteiger partial charge in [-0.05, 0) is 75.9 Å². The first-order valence-electron chi connectivity index (χ1n) is 12.8. The van der Waals surface area contributed by atoms with Gasteiger partial charge < -0.3 is 26.0 Å². The molecule has 0 spiro atoms. The number of likely N-dealkylation sites (N-methyl/N-ethyl adjacent to an activating group) is 1. The average Bonchev–Trinajstić information content (AvgIpc) is 2.82. The Hall–Kier alpha value is -1.70. The lowest BCUT2D eigenvalue weighted by molar-refractivity contribution is -0.119. The highest BCUT2D eigenvalue weighted by molar-refractivity contribution is 5.94. The van der Waals surface area contributed by atoms with Crippen LogP contribution in [0.1, 0.15) is 64.7 Å². The first-order chi connectivity index (χ1) is 15.9. The number of aliphatic hydroxyl groups is 1. The van der Waals surface area contributed by atoms with E-state index in [1.54, 1.807) is 4.90 Å². The molecule has 1 aliphatic heterocycles. The molecule has 0 unspecified atom stereocenters. The second kappa shape index (κ2) is 16.8. The van der Waals surface area contributed by atoms with Crippen LogP contribution in [-0.4, -0.2) is 81.0 Å². The number of hydrogen-bond donors (Lipinski definition) is 3.